The lowest BCUT2D eigenvalue weighted by Crippen LogP contribution is -2.38. The Bertz CT molecular complexity index is 1420. The van der Waals surface area contributed by atoms with Gasteiger partial charge in [0.05, 0.1) is 24.7 Å². The van der Waals surface area contributed by atoms with Gasteiger partial charge in [0.2, 0.25) is 5.91 Å². The van der Waals surface area contributed by atoms with E-state index in [2.05, 4.69) is 0 Å². The van der Waals surface area contributed by atoms with Crippen LogP contribution in [0.3, 0.4) is 0 Å². The molecule has 0 saturated carbocycles. The molecule has 0 unspecified atom stereocenters. The van der Waals surface area contributed by atoms with E-state index in [4.69, 9.17) is 9.15 Å². The molecule has 0 aliphatic heterocycles. The Kier molecular flexibility index (Phi) is 7.83. The van der Waals surface area contributed by atoms with E-state index in [1.54, 1.807) is 43.3 Å². The van der Waals surface area contributed by atoms with E-state index in [0.717, 1.165) is 17.2 Å². The van der Waals surface area contributed by atoms with Gasteiger partial charge < -0.3 is 19.2 Å². The summed E-state index contributed by atoms with van der Waals surface area (Å²) >= 11 is 0. The number of nitrogens with zero attached hydrogens (tertiary/aromatic N) is 2. The van der Waals surface area contributed by atoms with Crippen LogP contribution in [0.15, 0.2) is 71.3 Å². The number of likely N-dealkylation sites (N-methyl/N-ethyl adjacent to an activating group) is 1. The molecule has 9 heteroatoms. The van der Waals surface area contributed by atoms with Gasteiger partial charge in [-0.15, -0.1) is 0 Å². The predicted octanol–water partition coefficient (Wildman–Crippen LogP) is 4.93. The number of amides is 1. The second-order valence-electron chi connectivity index (χ2n) is 8.84. The summed E-state index contributed by atoms with van der Waals surface area (Å²) < 4.78 is 39.3. The van der Waals surface area contributed by atoms with Crippen molar-refractivity contribution in [3.63, 3.8) is 0 Å². The van der Waals surface area contributed by atoms with Gasteiger partial charge in [0.25, 0.3) is 0 Å². The first kappa shape index (κ1) is 25.8. The van der Waals surface area contributed by atoms with E-state index < -0.39 is 17.6 Å². The zero-order chi connectivity index (χ0) is 26.5. The lowest BCUT2D eigenvalue weighted by molar-refractivity contribution is -0.139. The number of carbonyl (C=O) groups excluding carboxylic acids is 1. The van der Waals surface area contributed by atoms with E-state index in [1.165, 1.54) is 17.2 Å². The number of rotatable bonds is 10. The summed E-state index contributed by atoms with van der Waals surface area (Å²) in [5.74, 6) is -2.50. The van der Waals surface area contributed by atoms with E-state index in [9.17, 15) is 23.5 Å². The molecule has 0 aliphatic carbocycles. The van der Waals surface area contributed by atoms with Crippen molar-refractivity contribution in [1.82, 2.24) is 9.80 Å². The maximum Gasteiger partial charge on any atom is 0.317 e. The molecule has 4 rings (SSSR count). The van der Waals surface area contributed by atoms with E-state index in [1.807, 2.05) is 24.3 Å². The fourth-order valence-electron chi connectivity index (χ4n) is 3.95. The smallest absolute Gasteiger partial charge is 0.317 e. The molecular weight excluding hydrogens is 482 g/mol. The SMILES string of the molecule is CN(C)C(=O)CN(CC(=O)O)Cc1cccc(COc2ccc(-c3cc(F)c(F)c4ccoc34)cc2)c1. The van der Waals surface area contributed by atoms with Gasteiger partial charge in [-0.05, 0) is 41.0 Å². The Morgan fingerprint density at radius 3 is 2.41 bits per heavy atom. The normalized spacial score (nSPS) is 11.2. The van der Waals surface area contributed by atoms with Crippen LogP contribution in [0.25, 0.3) is 22.1 Å². The summed E-state index contributed by atoms with van der Waals surface area (Å²) in [6.07, 6.45) is 1.32. The number of benzene rings is 3. The Labute approximate surface area is 212 Å². The topological polar surface area (TPSA) is 83.2 Å². The third-order valence-corrected chi connectivity index (χ3v) is 5.81. The molecule has 0 aliphatic rings. The average molecular weight is 509 g/mol. The number of aliphatic carboxylic acids is 1. The lowest BCUT2D eigenvalue weighted by Gasteiger charge is -2.22. The monoisotopic (exact) mass is 508 g/mol. The average Bonchev–Trinajstić information content (AvgIpc) is 3.35. The summed E-state index contributed by atoms with van der Waals surface area (Å²) in [6.45, 7) is 0.295. The van der Waals surface area contributed by atoms with Crippen LogP contribution in [-0.2, 0) is 22.7 Å². The molecule has 192 valence electrons. The van der Waals surface area contributed by atoms with Crippen LogP contribution in [0, 0.1) is 11.6 Å². The number of hydrogen-bond acceptors (Lipinski definition) is 5. The molecule has 0 saturated heterocycles. The van der Waals surface area contributed by atoms with E-state index in [0.29, 0.717) is 23.4 Å². The minimum atomic E-state index is -1.01. The molecule has 0 bridgehead atoms. The maximum atomic E-state index is 14.0. The standard InChI is InChI=1S/C28H26F2N2O5/c1-31(2)25(33)15-32(16-26(34)35)14-18-4-3-5-19(12-18)17-37-21-8-6-20(7-9-21)23-13-24(29)27(30)22-10-11-36-28(22)23/h3-13H,14-17H2,1-2H3,(H,34,35). The maximum absolute atomic E-state index is 14.0. The number of hydrogen-bond donors (Lipinski definition) is 1. The Balaban J connectivity index is 1.43. The lowest BCUT2D eigenvalue weighted by atomic mass is 10.0. The van der Waals surface area contributed by atoms with Gasteiger partial charge in [-0.2, -0.15) is 0 Å². The Morgan fingerprint density at radius 1 is 0.973 bits per heavy atom. The Morgan fingerprint density at radius 2 is 1.70 bits per heavy atom. The summed E-state index contributed by atoms with van der Waals surface area (Å²) in [4.78, 5) is 26.3. The number of halogens is 2. The third kappa shape index (κ3) is 6.31. The summed E-state index contributed by atoms with van der Waals surface area (Å²) in [5, 5.41) is 9.30. The summed E-state index contributed by atoms with van der Waals surface area (Å²) in [7, 11) is 3.25. The van der Waals surface area contributed by atoms with Crippen molar-refractivity contribution >= 4 is 22.8 Å². The molecule has 37 heavy (non-hydrogen) atoms. The molecular formula is C28H26F2N2O5. The molecule has 0 radical (unpaired) electrons. The molecule has 1 aromatic heterocycles. The third-order valence-electron chi connectivity index (χ3n) is 5.81. The number of carboxylic acids is 1. The number of carboxylic acid groups (broad SMARTS) is 1. The highest BCUT2D eigenvalue weighted by Gasteiger charge is 2.17. The molecule has 7 nitrogen and oxygen atoms in total. The van der Waals surface area contributed by atoms with Crippen molar-refractivity contribution < 1.29 is 32.6 Å². The molecule has 0 atom stereocenters. The number of furan rings is 1. The number of fused-ring (bicyclic) bond motifs is 1. The van der Waals surface area contributed by atoms with Crippen molar-refractivity contribution in [3.05, 3.63) is 89.7 Å². The van der Waals surface area contributed by atoms with Crippen LogP contribution in [0.2, 0.25) is 0 Å². The molecule has 1 heterocycles. The highest BCUT2D eigenvalue weighted by molar-refractivity contribution is 5.93. The molecule has 1 amide bonds. The van der Waals surface area contributed by atoms with Crippen LogP contribution in [0.4, 0.5) is 8.78 Å². The van der Waals surface area contributed by atoms with Crippen molar-refractivity contribution in [2.24, 2.45) is 0 Å². The fourth-order valence-corrected chi connectivity index (χ4v) is 3.95. The highest BCUT2D eigenvalue weighted by Crippen LogP contribution is 2.33. The number of ether oxygens (including phenoxy) is 1. The summed E-state index contributed by atoms with van der Waals surface area (Å²) in [6, 6.07) is 17.0. The highest BCUT2D eigenvalue weighted by atomic mass is 19.2. The van der Waals surface area contributed by atoms with E-state index in [-0.39, 0.29) is 36.6 Å². The van der Waals surface area contributed by atoms with Crippen molar-refractivity contribution in [2.45, 2.75) is 13.2 Å². The van der Waals surface area contributed by atoms with Gasteiger partial charge in [-0.25, -0.2) is 8.78 Å². The summed E-state index contributed by atoms with van der Waals surface area (Å²) in [5.41, 5.74) is 3.09. The van der Waals surface area contributed by atoms with Crippen LogP contribution in [0.1, 0.15) is 11.1 Å². The zero-order valence-electron chi connectivity index (χ0n) is 20.4. The van der Waals surface area contributed by atoms with Crippen LogP contribution in [-0.4, -0.2) is 54.0 Å². The molecule has 4 aromatic rings. The Hall–Kier alpha value is -4.24. The largest absolute Gasteiger partial charge is 0.489 e. The molecule has 0 spiro atoms. The molecule has 3 aromatic carbocycles. The van der Waals surface area contributed by atoms with Gasteiger partial charge in [-0.3, -0.25) is 14.5 Å². The van der Waals surface area contributed by atoms with Gasteiger partial charge in [0.1, 0.15) is 17.9 Å². The fraction of sp³-hybridized carbons (Fsp3) is 0.214. The zero-order valence-corrected chi connectivity index (χ0v) is 20.4. The first-order chi connectivity index (χ1) is 17.7. The van der Waals surface area contributed by atoms with Gasteiger partial charge in [-0.1, -0.05) is 36.4 Å². The van der Waals surface area contributed by atoms with Gasteiger partial charge in [0, 0.05) is 26.2 Å². The van der Waals surface area contributed by atoms with Crippen molar-refractivity contribution in [1.29, 1.82) is 0 Å². The second kappa shape index (κ2) is 11.2. The van der Waals surface area contributed by atoms with Crippen molar-refractivity contribution in [2.75, 3.05) is 27.2 Å². The van der Waals surface area contributed by atoms with Gasteiger partial charge >= 0.3 is 5.97 Å². The van der Waals surface area contributed by atoms with E-state index >= 15 is 0 Å². The van der Waals surface area contributed by atoms with Crippen LogP contribution in [0.5, 0.6) is 5.75 Å². The van der Waals surface area contributed by atoms with Crippen LogP contribution >= 0.6 is 0 Å². The van der Waals surface area contributed by atoms with Gasteiger partial charge in [0.15, 0.2) is 11.6 Å². The van der Waals surface area contributed by atoms with Crippen molar-refractivity contribution in [3.8, 4) is 16.9 Å². The first-order valence-corrected chi connectivity index (χ1v) is 11.5. The van der Waals surface area contributed by atoms with Crippen LogP contribution < -0.4 is 4.74 Å². The quantitative estimate of drug-likeness (QED) is 0.327. The number of carbonyl (C=O) groups is 2. The molecule has 0 fully saturated rings. The first-order valence-electron chi connectivity index (χ1n) is 11.5. The predicted molar refractivity (Wildman–Crippen MR) is 134 cm³/mol. The minimum absolute atomic E-state index is 0.00532. The second-order valence-corrected chi connectivity index (χ2v) is 8.84. The molecule has 1 N–H and O–H groups in total. The minimum Gasteiger partial charge on any atom is -0.489 e.